The summed E-state index contributed by atoms with van der Waals surface area (Å²) in [7, 11) is 0. The fraction of sp³-hybridized carbons (Fsp3) is 0.211. The molecule has 0 aromatic heterocycles. The normalized spacial score (nSPS) is 15.8. The van der Waals surface area contributed by atoms with Gasteiger partial charge in [-0.1, -0.05) is 60.7 Å². The van der Waals surface area contributed by atoms with Crippen molar-refractivity contribution in [3.8, 4) is 0 Å². The van der Waals surface area contributed by atoms with Crippen molar-refractivity contribution < 1.29 is 18.0 Å². The first-order valence-electron chi connectivity index (χ1n) is 7.66. The average molecular weight is 331 g/mol. The van der Waals surface area contributed by atoms with Crippen molar-refractivity contribution in [2.75, 3.05) is 6.54 Å². The van der Waals surface area contributed by atoms with Gasteiger partial charge in [-0.15, -0.1) is 0 Å². The van der Waals surface area contributed by atoms with Gasteiger partial charge in [0.25, 0.3) is 0 Å². The smallest absolute Gasteiger partial charge is 0.366 e. The van der Waals surface area contributed by atoms with Crippen LogP contribution in [0.5, 0.6) is 0 Å². The molecule has 0 fully saturated rings. The second-order valence-corrected chi connectivity index (χ2v) is 5.67. The Kier molecular flexibility index (Phi) is 4.42. The van der Waals surface area contributed by atoms with Crippen LogP contribution in [-0.2, 0) is 11.3 Å². The van der Waals surface area contributed by atoms with E-state index in [4.69, 9.17) is 0 Å². The van der Waals surface area contributed by atoms with E-state index >= 15 is 0 Å². The lowest BCUT2D eigenvalue weighted by Crippen LogP contribution is -2.36. The van der Waals surface area contributed by atoms with Crippen molar-refractivity contribution in [2.45, 2.75) is 19.1 Å². The molecule has 1 heterocycles. The lowest BCUT2D eigenvalue weighted by atomic mass is 9.95. The Labute approximate surface area is 138 Å². The summed E-state index contributed by atoms with van der Waals surface area (Å²) in [5.41, 5.74) is 0.245. The van der Waals surface area contributed by atoms with Crippen molar-refractivity contribution in [3.05, 3.63) is 77.4 Å². The van der Waals surface area contributed by atoms with E-state index in [9.17, 15) is 18.0 Å². The Bertz CT molecular complexity index is 751. The highest BCUT2D eigenvalue weighted by Crippen LogP contribution is 2.38. The predicted molar refractivity (Wildman–Crippen MR) is 85.9 cm³/mol. The molecule has 0 N–H and O–H groups in total. The van der Waals surface area contributed by atoms with E-state index in [1.807, 2.05) is 30.3 Å². The van der Waals surface area contributed by atoms with E-state index in [0.29, 0.717) is 12.1 Å². The van der Waals surface area contributed by atoms with Crippen LogP contribution < -0.4 is 0 Å². The van der Waals surface area contributed by atoms with Gasteiger partial charge >= 0.3 is 6.18 Å². The Balaban J connectivity index is 2.11. The minimum atomic E-state index is -4.67. The number of carbonyl (C=O) groups excluding carboxylic acids is 1. The lowest BCUT2D eigenvalue weighted by Gasteiger charge is -2.34. The van der Waals surface area contributed by atoms with E-state index < -0.39 is 17.5 Å². The van der Waals surface area contributed by atoms with Gasteiger partial charge in [0.2, 0.25) is 0 Å². The fourth-order valence-electron chi connectivity index (χ4n) is 2.94. The van der Waals surface area contributed by atoms with Gasteiger partial charge in [-0.2, -0.15) is 13.2 Å². The second-order valence-electron chi connectivity index (χ2n) is 5.67. The summed E-state index contributed by atoms with van der Waals surface area (Å²) >= 11 is 0. The van der Waals surface area contributed by atoms with Crippen LogP contribution >= 0.6 is 0 Å². The maximum Gasteiger partial charge on any atom is 0.421 e. The van der Waals surface area contributed by atoms with Crippen LogP contribution in [0.15, 0.2) is 66.2 Å². The Morgan fingerprint density at radius 3 is 2.08 bits per heavy atom. The van der Waals surface area contributed by atoms with E-state index in [1.165, 1.54) is 0 Å². The number of rotatable bonds is 3. The summed E-state index contributed by atoms with van der Waals surface area (Å²) < 4.78 is 40.6. The van der Waals surface area contributed by atoms with Crippen LogP contribution in [0.3, 0.4) is 0 Å². The molecule has 0 saturated carbocycles. The number of allylic oxidation sites excluding steroid dienone is 1. The molecule has 0 saturated heterocycles. The predicted octanol–water partition coefficient (Wildman–Crippen LogP) is 4.44. The molecule has 0 radical (unpaired) electrons. The van der Waals surface area contributed by atoms with Crippen molar-refractivity contribution in [1.29, 1.82) is 0 Å². The first-order valence-corrected chi connectivity index (χ1v) is 7.66. The van der Waals surface area contributed by atoms with Crippen molar-refractivity contribution in [2.24, 2.45) is 0 Å². The van der Waals surface area contributed by atoms with Gasteiger partial charge in [-0.3, -0.25) is 4.79 Å². The standard InChI is InChI=1S/C19H16F3NO/c20-19(21,22)17-16(24)11-12-23(13-14-7-3-1-4-8-14)18(17)15-9-5-2-6-10-15/h1-10H,11-13H2. The Morgan fingerprint density at radius 1 is 0.917 bits per heavy atom. The molecule has 5 heteroatoms. The van der Waals surface area contributed by atoms with Gasteiger partial charge in [-0.05, 0) is 11.1 Å². The molecule has 0 atom stereocenters. The molecule has 0 unspecified atom stereocenters. The van der Waals surface area contributed by atoms with Gasteiger partial charge in [0, 0.05) is 19.5 Å². The molecule has 124 valence electrons. The number of alkyl halides is 3. The Hall–Kier alpha value is -2.56. The average Bonchev–Trinajstić information content (AvgIpc) is 2.57. The third kappa shape index (κ3) is 3.35. The quantitative estimate of drug-likeness (QED) is 0.829. The summed E-state index contributed by atoms with van der Waals surface area (Å²) in [5, 5.41) is 0. The van der Waals surface area contributed by atoms with Crippen LogP contribution in [0, 0.1) is 0 Å². The van der Waals surface area contributed by atoms with Crippen LogP contribution in [0.25, 0.3) is 5.70 Å². The summed E-state index contributed by atoms with van der Waals surface area (Å²) in [6, 6.07) is 17.6. The van der Waals surface area contributed by atoms with Crippen LogP contribution in [-0.4, -0.2) is 23.4 Å². The SMILES string of the molecule is O=C1CCN(Cc2ccccc2)C(c2ccccc2)=C1C(F)(F)F. The van der Waals surface area contributed by atoms with Gasteiger partial charge < -0.3 is 4.90 Å². The molecule has 1 aliphatic rings. The molecule has 24 heavy (non-hydrogen) atoms. The monoisotopic (exact) mass is 331 g/mol. The van der Waals surface area contributed by atoms with Gasteiger partial charge in [0.05, 0.1) is 5.70 Å². The molecular weight excluding hydrogens is 315 g/mol. The molecule has 2 aromatic carbocycles. The van der Waals surface area contributed by atoms with E-state index in [0.717, 1.165) is 5.56 Å². The number of hydrogen-bond acceptors (Lipinski definition) is 2. The molecule has 1 aliphatic heterocycles. The summed E-state index contributed by atoms with van der Waals surface area (Å²) in [6.45, 7) is 0.607. The lowest BCUT2D eigenvalue weighted by molar-refractivity contribution is -0.130. The molecule has 0 bridgehead atoms. The van der Waals surface area contributed by atoms with Crippen molar-refractivity contribution in [1.82, 2.24) is 4.90 Å². The second kappa shape index (κ2) is 6.51. The number of carbonyl (C=O) groups is 1. The van der Waals surface area contributed by atoms with Crippen LogP contribution in [0.1, 0.15) is 17.5 Å². The fourth-order valence-corrected chi connectivity index (χ4v) is 2.94. The van der Waals surface area contributed by atoms with E-state index in [2.05, 4.69) is 0 Å². The topological polar surface area (TPSA) is 20.3 Å². The highest BCUT2D eigenvalue weighted by atomic mass is 19.4. The van der Waals surface area contributed by atoms with Gasteiger partial charge in [0.15, 0.2) is 5.78 Å². The largest absolute Gasteiger partial charge is 0.421 e. The maximum absolute atomic E-state index is 13.5. The number of ketones is 1. The van der Waals surface area contributed by atoms with Gasteiger partial charge in [-0.25, -0.2) is 0 Å². The molecule has 0 amide bonds. The minimum absolute atomic E-state index is 0.0248. The van der Waals surface area contributed by atoms with Crippen LogP contribution in [0.2, 0.25) is 0 Å². The molecule has 0 spiro atoms. The zero-order chi connectivity index (χ0) is 17.2. The Morgan fingerprint density at radius 2 is 1.50 bits per heavy atom. The van der Waals surface area contributed by atoms with Crippen molar-refractivity contribution in [3.63, 3.8) is 0 Å². The molecule has 2 nitrogen and oxygen atoms in total. The third-order valence-electron chi connectivity index (χ3n) is 3.99. The minimum Gasteiger partial charge on any atom is -0.366 e. The van der Waals surface area contributed by atoms with Gasteiger partial charge in [0.1, 0.15) is 5.57 Å². The zero-order valence-electron chi connectivity index (χ0n) is 12.9. The number of nitrogens with zero attached hydrogens (tertiary/aromatic N) is 1. The number of Topliss-reactive ketones (excluding diaryl/α,β-unsaturated/α-hetero) is 1. The molecule has 2 aromatic rings. The summed E-state index contributed by atoms with van der Waals surface area (Å²) in [4.78, 5) is 13.7. The first-order chi connectivity index (χ1) is 11.5. The molecule has 0 aliphatic carbocycles. The highest BCUT2D eigenvalue weighted by molar-refractivity contribution is 6.05. The van der Waals surface area contributed by atoms with Crippen molar-refractivity contribution >= 4 is 11.5 Å². The van der Waals surface area contributed by atoms with E-state index in [-0.39, 0.29) is 18.7 Å². The number of hydrogen-bond donors (Lipinski definition) is 0. The number of halogens is 3. The third-order valence-corrected chi connectivity index (χ3v) is 3.99. The maximum atomic E-state index is 13.5. The summed E-state index contributed by atoms with van der Waals surface area (Å²) in [5.74, 6) is -0.842. The highest BCUT2D eigenvalue weighted by Gasteiger charge is 2.44. The zero-order valence-corrected chi connectivity index (χ0v) is 12.9. The van der Waals surface area contributed by atoms with Crippen LogP contribution in [0.4, 0.5) is 13.2 Å². The molecule has 3 rings (SSSR count). The first kappa shape index (κ1) is 16.3. The molecular formula is C19H16F3NO. The summed E-state index contributed by atoms with van der Waals surface area (Å²) in [6.07, 6.45) is -4.80. The van der Waals surface area contributed by atoms with E-state index in [1.54, 1.807) is 35.2 Å². The number of benzene rings is 2.